The molecule has 0 aliphatic carbocycles. The van der Waals surface area contributed by atoms with Gasteiger partial charge in [0.25, 0.3) is 5.91 Å². The zero-order valence-corrected chi connectivity index (χ0v) is 13.3. The van der Waals surface area contributed by atoms with E-state index in [9.17, 15) is 4.79 Å². The number of hydrogen-bond acceptors (Lipinski definition) is 2. The van der Waals surface area contributed by atoms with Gasteiger partial charge in [-0.2, -0.15) is 0 Å². The number of carbonyl (C=O) groups excluding carboxylic acids is 1. The minimum Gasteiger partial charge on any atom is -0.376 e. The monoisotopic (exact) mass is 328 g/mol. The molecule has 1 aliphatic heterocycles. The van der Waals surface area contributed by atoms with Gasteiger partial charge in [-0.1, -0.05) is 6.92 Å². The molecule has 0 spiro atoms. The van der Waals surface area contributed by atoms with Gasteiger partial charge in [0, 0.05) is 30.9 Å². The normalized spacial score (nSPS) is 22.7. The number of halogens is 1. The van der Waals surface area contributed by atoms with Crippen LogP contribution in [0.2, 0.25) is 0 Å². The molecule has 106 valence electrons. The van der Waals surface area contributed by atoms with E-state index in [0.29, 0.717) is 0 Å². The van der Waals surface area contributed by atoms with Gasteiger partial charge in [0.1, 0.15) is 5.69 Å². The molecule has 1 aromatic heterocycles. The van der Waals surface area contributed by atoms with Crippen molar-refractivity contribution >= 4 is 21.8 Å². The van der Waals surface area contributed by atoms with Crippen molar-refractivity contribution in [1.29, 1.82) is 0 Å². The van der Waals surface area contributed by atoms with Crippen molar-refractivity contribution < 1.29 is 9.53 Å². The molecule has 0 bridgehead atoms. The Bertz CT molecular complexity index is 458. The van der Waals surface area contributed by atoms with Crippen LogP contribution in [-0.4, -0.2) is 41.2 Å². The fraction of sp³-hybridized carbons (Fsp3) is 0.643. The lowest BCUT2D eigenvalue weighted by Crippen LogP contribution is -2.41. The summed E-state index contributed by atoms with van der Waals surface area (Å²) < 4.78 is 8.52. The lowest BCUT2D eigenvalue weighted by molar-refractivity contribution is 0.0566. The number of rotatable bonds is 4. The summed E-state index contributed by atoms with van der Waals surface area (Å²) in [6.45, 7) is 5.74. The second kappa shape index (κ2) is 6.09. The summed E-state index contributed by atoms with van der Waals surface area (Å²) in [7, 11) is 1.87. The predicted octanol–water partition coefficient (Wildman–Crippen LogP) is 2.91. The highest BCUT2D eigenvalue weighted by molar-refractivity contribution is 9.10. The fourth-order valence-electron chi connectivity index (χ4n) is 2.64. The summed E-state index contributed by atoms with van der Waals surface area (Å²) in [6, 6.07) is 2.07. The van der Waals surface area contributed by atoms with Crippen LogP contribution >= 0.6 is 15.9 Å². The maximum absolute atomic E-state index is 12.6. The third kappa shape index (κ3) is 3.03. The molecule has 5 heteroatoms. The van der Waals surface area contributed by atoms with Gasteiger partial charge in [-0.3, -0.25) is 4.79 Å². The molecule has 4 nitrogen and oxygen atoms in total. The number of aryl methyl sites for hydroxylation is 1. The molecule has 19 heavy (non-hydrogen) atoms. The molecular formula is C14H21BrN2O2. The van der Waals surface area contributed by atoms with E-state index in [1.807, 2.05) is 35.7 Å². The average Bonchev–Trinajstić information content (AvgIpc) is 2.94. The molecule has 1 aromatic rings. The number of hydrogen-bond donors (Lipinski definition) is 0. The van der Waals surface area contributed by atoms with Crippen LogP contribution in [0.15, 0.2) is 16.7 Å². The van der Waals surface area contributed by atoms with Crippen molar-refractivity contribution in [3.63, 3.8) is 0 Å². The van der Waals surface area contributed by atoms with E-state index in [1.54, 1.807) is 0 Å². The first-order valence-corrected chi connectivity index (χ1v) is 7.58. The van der Waals surface area contributed by atoms with E-state index in [4.69, 9.17) is 4.74 Å². The molecule has 0 radical (unpaired) electrons. The molecule has 2 heterocycles. The lowest BCUT2D eigenvalue weighted by atomic mass is 10.1. The van der Waals surface area contributed by atoms with Gasteiger partial charge in [-0.25, -0.2) is 0 Å². The third-order valence-corrected chi connectivity index (χ3v) is 4.13. The molecule has 1 fully saturated rings. The maximum atomic E-state index is 12.6. The van der Waals surface area contributed by atoms with E-state index < -0.39 is 0 Å². The zero-order valence-electron chi connectivity index (χ0n) is 11.7. The van der Waals surface area contributed by atoms with Gasteiger partial charge in [0.15, 0.2) is 0 Å². The molecule has 2 unspecified atom stereocenters. The van der Waals surface area contributed by atoms with E-state index in [1.165, 1.54) is 0 Å². The highest BCUT2D eigenvalue weighted by atomic mass is 79.9. The van der Waals surface area contributed by atoms with Crippen LogP contribution in [0.5, 0.6) is 0 Å². The summed E-state index contributed by atoms with van der Waals surface area (Å²) in [4.78, 5) is 14.4. The zero-order chi connectivity index (χ0) is 14.0. The number of amides is 1. The highest BCUT2D eigenvalue weighted by Crippen LogP contribution is 2.22. The predicted molar refractivity (Wildman–Crippen MR) is 78.3 cm³/mol. The van der Waals surface area contributed by atoms with Crippen molar-refractivity contribution in [2.45, 2.75) is 45.4 Å². The molecule has 0 N–H and O–H groups in total. The van der Waals surface area contributed by atoms with Crippen LogP contribution in [0.3, 0.4) is 0 Å². The van der Waals surface area contributed by atoms with E-state index in [2.05, 4.69) is 22.9 Å². The Labute approximate surface area is 122 Å². The summed E-state index contributed by atoms with van der Waals surface area (Å²) >= 11 is 3.45. The van der Waals surface area contributed by atoms with Gasteiger partial charge in [0.2, 0.25) is 0 Å². The standard InChI is InChI=1S/C14H21BrN2O2/c1-4-6-17-9-11(15)8-13(17)14(18)16(3)12-5-7-19-10(12)2/h8-10,12H,4-7H2,1-3H3. The Hall–Kier alpha value is -0.810. The first kappa shape index (κ1) is 14.6. The number of nitrogens with zero attached hydrogens (tertiary/aromatic N) is 2. The SMILES string of the molecule is CCCn1cc(Br)cc1C(=O)N(C)C1CCOC1C. The molecule has 1 amide bonds. The van der Waals surface area contributed by atoms with Crippen molar-refractivity contribution in [3.05, 3.63) is 22.4 Å². The average molecular weight is 329 g/mol. The molecule has 0 aromatic carbocycles. The summed E-state index contributed by atoms with van der Waals surface area (Å²) in [5.41, 5.74) is 0.746. The molecular weight excluding hydrogens is 308 g/mol. The van der Waals surface area contributed by atoms with Gasteiger partial charge in [-0.05, 0) is 41.8 Å². The number of aromatic nitrogens is 1. The summed E-state index contributed by atoms with van der Waals surface area (Å²) in [6.07, 6.45) is 4.01. The van der Waals surface area contributed by atoms with Gasteiger partial charge >= 0.3 is 0 Å². The largest absolute Gasteiger partial charge is 0.376 e. The summed E-state index contributed by atoms with van der Waals surface area (Å²) in [5, 5.41) is 0. The highest BCUT2D eigenvalue weighted by Gasteiger charge is 2.32. The van der Waals surface area contributed by atoms with Crippen molar-refractivity contribution in [3.8, 4) is 0 Å². The molecule has 2 rings (SSSR count). The molecule has 1 saturated heterocycles. The Morgan fingerprint density at radius 3 is 2.95 bits per heavy atom. The number of carbonyl (C=O) groups is 1. The third-order valence-electron chi connectivity index (χ3n) is 3.70. The smallest absolute Gasteiger partial charge is 0.270 e. The number of ether oxygens (including phenoxy) is 1. The van der Waals surface area contributed by atoms with Crippen LogP contribution in [0.1, 0.15) is 37.2 Å². The van der Waals surface area contributed by atoms with E-state index in [0.717, 1.165) is 36.2 Å². The number of likely N-dealkylation sites (N-methyl/N-ethyl adjacent to an activating group) is 1. The molecule has 1 aliphatic rings. The molecule has 2 atom stereocenters. The van der Waals surface area contributed by atoms with Gasteiger partial charge in [0.05, 0.1) is 12.1 Å². The first-order valence-electron chi connectivity index (χ1n) is 6.79. The van der Waals surface area contributed by atoms with E-state index >= 15 is 0 Å². The van der Waals surface area contributed by atoms with Crippen LogP contribution in [0, 0.1) is 0 Å². The van der Waals surface area contributed by atoms with Crippen molar-refractivity contribution in [2.75, 3.05) is 13.7 Å². The fourth-order valence-corrected chi connectivity index (χ4v) is 3.10. The Morgan fingerprint density at radius 2 is 2.37 bits per heavy atom. The van der Waals surface area contributed by atoms with Crippen molar-refractivity contribution in [1.82, 2.24) is 9.47 Å². The summed E-state index contributed by atoms with van der Waals surface area (Å²) in [5.74, 6) is 0.0708. The second-order valence-electron chi connectivity index (χ2n) is 5.08. The first-order chi connectivity index (χ1) is 9.04. The van der Waals surface area contributed by atoms with Crippen LogP contribution in [-0.2, 0) is 11.3 Å². The topological polar surface area (TPSA) is 34.5 Å². The lowest BCUT2D eigenvalue weighted by Gasteiger charge is -2.27. The quantitative estimate of drug-likeness (QED) is 0.851. The maximum Gasteiger partial charge on any atom is 0.270 e. The van der Waals surface area contributed by atoms with Gasteiger partial charge in [-0.15, -0.1) is 0 Å². The van der Waals surface area contributed by atoms with Crippen molar-refractivity contribution in [2.24, 2.45) is 0 Å². The van der Waals surface area contributed by atoms with E-state index in [-0.39, 0.29) is 18.1 Å². The van der Waals surface area contributed by atoms with Crippen LogP contribution in [0.4, 0.5) is 0 Å². The van der Waals surface area contributed by atoms with Crippen LogP contribution < -0.4 is 0 Å². The van der Waals surface area contributed by atoms with Gasteiger partial charge < -0.3 is 14.2 Å². The molecule has 0 saturated carbocycles. The van der Waals surface area contributed by atoms with Crippen LogP contribution in [0.25, 0.3) is 0 Å². The minimum atomic E-state index is 0.0708. The minimum absolute atomic E-state index is 0.0708. The Kier molecular flexibility index (Phi) is 4.68. The second-order valence-corrected chi connectivity index (χ2v) is 6.00. The Morgan fingerprint density at radius 1 is 1.63 bits per heavy atom. The Balaban J connectivity index is 2.18.